The van der Waals surface area contributed by atoms with E-state index in [2.05, 4.69) is 27.7 Å². The molecular formula is C25H38O3S. The summed E-state index contributed by atoms with van der Waals surface area (Å²) in [5, 5.41) is 0. The summed E-state index contributed by atoms with van der Waals surface area (Å²) in [5.74, 6) is 2.00. The van der Waals surface area contributed by atoms with Crippen LogP contribution >= 0.6 is 0 Å². The van der Waals surface area contributed by atoms with E-state index < -0.39 is 9.84 Å². The number of hydrogen-bond donors (Lipinski definition) is 0. The van der Waals surface area contributed by atoms with Crippen LogP contribution in [0.4, 0.5) is 0 Å². The van der Waals surface area contributed by atoms with Gasteiger partial charge in [-0.15, -0.1) is 0 Å². The van der Waals surface area contributed by atoms with Crippen LogP contribution in [-0.2, 0) is 14.6 Å². The van der Waals surface area contributed by atoms with Crippen LogP contribution in [0.1, 0.15) is 72.6 Å². The lowest BCUT2D eigenvalue weighted by Gasteiger charge is -2.46. The maximum atomic E-state index is 13.0. The Morgan fingerprint density at radius 2 is 1.76 bits per heavy atom. The van der Waals surface area contributed by atoms with Gasteiger partial charge in [0.2, 0.25) is 0 Å². The number of rotatable bonds is 8. The molecule has 2 aliphatic rings. The van der Waals surface area contributed by atoms with Gasteiger partial charge >= 0.3 is 0 Å². The zero-order valence-corrected chi connectivity index (χ0v) is 19.4. The van der Waals surface area contributed by atoms with Gasteiger partial charge in [-0.05, 0) is 60.5 Å². The van der Waals surface area contributed by atoms with E-state index in [0.29, 0.717) is 23.2 Å². The third-order valence-corrected chi connectivity index (χ3v) is 9.71. The monoisotopic (exact) mass is 418 g/mol. The molecule has 0 spiro atoms. The fraction of sp³-hybridized carbons (Fsp3) is 0.720. The molecule has 29 heavy (non-hydrogen) atoms. The largest absolute Gasteiger partial charge is 0.299 e. The second-order valence-corrected chi connectivity index (χ2v) is 12.3. The van der Waals surface area contributed by atoms with Crippen LogP contribution in [0.5, 0.6) is 0 Å². The van der Waals surface area contributed by atoms with Gasteiger partial charge in [0.25, 0.3) is 0 Å². The Labute approximate surface area is 177 Å². The van der Waals surface area contributed by atoms with Crippen LogP contribution < -0.4 is 0 Å². The molecule has 0 aliphatic heterocycles. The second kappa shape index (κ2) is 8.91. The minimum absolute atomic E-state index is 0.0233. The van der Waals surface area contributed by atoms with Crippen LogP contribution in [0.15, 0.2) is 35.2 Å². The van der Waals surface area contributed by atoms with Gasteiger partial charge in [0.1, 0.15) is 5.78 Å². The quantitative estimate of drug-likeness (QED) is 0.525. The fourth-order valence-electron chi connectivity index (χ4n) is 6.28. The maximum absolute atomic E-state index is 13.0. The first-order valence-electron chi connectivity index (χ1n) is 11.5. The Morgan fingerprint density at radius 3 is 2.41 bits per heavy atom. The lowest BCUT2D eigenvalue weighted by atomic mass is 9.59. The van der Waals surface area contributed by atoms with Gasteiger partial charge in [-0.1, -0.05) is 65.2 Å². The van der Waals surface area contributed by atoms with Crippen LogP contribution in [0.3, 0.4) is 0 Å². The van der Waals surface area contributed by atoms with Crippen molar-refractivity contribution in [1.29, 1.82) is 0 Å². The Hall–Kier alpha value is -1.16. The molecule has 0 saturated heterocycles. The standard InChI is InChI=1S/C25H38O3S/c1-18(2)9-8-10-19(3)22-13-14-23-21(24(26)15-16-25(22,23)4)17-29(27,28)20-11-6-5-7-12-20/h5-7,11-12,18-19,21-23H,8-10,13-17H2,1-4H3/t19-,21?,22-,23+,25-/m0/s1. The molecule has 4 heteroatoms. The Balaban J connectivity index is 1.75. The number of carbonyl (C=O) groups is 1. The molecule has 0 aromatic heterocycles. The topological polar surface area (TPSA) is 51.2 Å². The molecule has 3 nitrogen and oxygen atoms in total. The van der Waals surface area contributed by atoms with Gasteiger partial charge in [0.15, 0.2) is 9.84 Å². The molecule has 2 aliphatic carbocycles. The number of fused-ring (bicyclic) bond motifs is 1. The van der Waals surface area contributed by atoms with Crippen molar-refractivity contribution in [2.75, 3.05) is 5.75 Å². The van der Waals surface area contributed by atoms with Crippen molar-refractivity contribution in [2.24, 2.45) is 35.0 Å². The van der Waals surface area contributed by atoms with E-state index in [1.807, 2.05) is 6.07 Å². The molecule has 1 aromatic carbocycles. The summed E-state index contributed by atoms with van der Waals surface area (Å²) in [5.41, 5.74) is 0.0992. The highest BCUT2D eigenvalue weighted by Crippen LogP contribution is 2.59. The Kier molecular flexibility index (Phi) is 6.92. The number of carbonyl (C=O) groups excluding carboxylic acids is 1. The number of hydrogen-bond acceptors (Lipinski definition) is 3. The molecule has 0 heterocycles. The number of sulfone groups is 1. The fourth-order valence-corrected chi connectivity index (χ4v) is 7.94. The van der Waals surface area contributed by atoms with Crippen LogP contribution in [-0.4, -0.2) is 20.0 Å². The summed E-state index contributed by atoms with van der Waals surface area (Å²) < 4.78 is 26.0. The molecule has 0 N–H and O–H groups in total. The zero-order chi connectivity index (χ0) is 21.2. The summed E-state index contributed by atoms with van der Waals surface area (Å²) in [6.07, 6.45) is 7.38. The van der Waals surface area contributed by atoms with Gasteiger partial charge < -0.3 is 0 Å². The van der Waals surface area contributed by atoms with Gasteiger partial charge in [-0.2, -0.15) is 0 Å². The summed E-state index contributed by atoms with van der Waals surface area (Å²) in [4.78, 5) is 13.2. The molecule has 162 valence electrons. The number of Topliss-reactive ketones (excluding diaryl/α,β-unsaturated/α-hetero) is 1. The van der Waals surface area contributed by atoms with Crippen LogP contribution in [0.25, 0.3) is 0 Å². The number of ketones is 1. The molecular weight excluding hydrogens is 380 g/mol. The first-order valence-corrected chi connectivity index (χ1v) is 13.1. The average molecular weight is 419 g/mol. The summed E-state index contributed by atoms with van der Waals surface area (Å²) in [7, 11) is -3.44. The molecule has 0 amide bonds. The van der Waals surface area contributed by atoms with Gasteiger partial charge in [0.05, 0.1) is 10.6 Å². The van der Waals surface area contributed by atoms with E-state index in [1.54, 1.807) is 24.3 Å². The van der Waals surface area contributed by atoms with Crippen LogP contribution in [0.2, 0.25) is 0 Å². The zero-order valence-electron chi connectivity index (χ0n) is 18.6. The maximum Gasteiger partial charge on any atom is 0.179 e. The second-order valence-electron chi connectivity index (χ2n) is 10.3. The lowest BCUT2D eigenvalue weighted by molar-refractivity contribution is -0.130. The summed E-state index contributed by atoms with van der Waals surface area (Å²) >= 11 is 0. The molecule has 2 fully saturated rings. The minimum atomic E-state index is -3.44. The van der Waals surface area contributed by atoms with Gasteiger partial charge in [-0.3, -0.25) is 4.79 Å². The third-order valence-electron chi connectivity index (χ3n) is 7.92. The average Bonchev–Trinajstić information content (AvgIpc) is 3.02. The molecule has 2 saturated carbocycles. The molecule has 1 unspecified atom stereocenters. The minimum Gasteiger partial charge on any atom is -0.299 e. The first kappa shape index (κ1) is 22.5. The molecule has 3 rings (SSSR count). The normalized spacial score (nSPS) is 31.1. The molecule has 0 radical (unpaired) electrons. The van der Waals surface area contributed by atoms with E-state index in [0.717, 1.165) is 25.2 Å². The van der Waals surface area contributed by atoms with Crippen molar-refractivity contribution in [3.05, 3.63) is 30.3 Å². The highest BCUT2D eigenvalue weighted by atomic mass is 32.2. The van der Waals surface area contributed by atoms with E-state index >= 15 is 0 Å². The van der Waals surface area contributed by atoms with Crippen molar-refractivity contribution in [2.45, 2.75) is 77.5 Å². The molecule has 0 bridgehead atoms. The third kappa shape index (κ3) is 4.78. The van der Waals surface area contributed by atoms with E-state index in [9.17, 15) is 13.2 Å². The predicted molar refractivity (Wildman–Crippen MR) is 118 cm³/mol. The Bertz CT molecular complexity index is 799. The van der Waals surface area contributed by atoms with Gasteiger partial charge in [0, 0.05) is 12.3 Å². The Morgan fingerprint density at radius 1 is 1.07 bits per heavy atom. The van der Waals surface area contributed by atoms with E-state index in [4.69, 9.17) is 0 Å². The van der Waals surface area contributed by atoms with Gasteiger partial charge in [-0.25, -0.2) is 8.42 Å². The van der Waals surface area contributed by atoms with Crippen molar-refractivity contribution in [3.63, 3.8) is 0 Å². The predicted octanol–water partition coefficient (Wildman–Crippen LogP) is 5.93. The summed E-state index contributed by atoms with van der Waals surface area (Å²) in [6.45, 7) is 9.29. The highest BCUT2D eigenvalue weighted by molar-refractivity contribution is 7.91. The SMILES string of the molecule is CC(C)CCC[C@H](C)[C@@H]1CC[C@@H]2C(CS(=O)(=O)c3ccccc3)C(=O)CC[C@]21C. The highest BCUT2D eigenvalue weighted by Gasteiger charge is 2.55. The van der Waals surface area contributed by atoms with Crippen molar-refractivity contribution >= 4 is 15.6 Å². The van der Waals surface area contributed by atoms with E-state index in [1.165, 1.54) is 19.3 Å². The molecule has 5 atom stereocenters. The molecule has 1 aromatic rings. The van der Waals surface area contributed by atoms with Crippen LogP contribution in [0, 0.1) is 35.0 Å². The summed E-state index contributed by atoms with van der Waals surface area (Å²) in [6, 6.07) is 8.63. The first-order chi connectivity index (χ1) is 13.6. The van der Waals surface area contributed by atoms with E-state index in [-0.39, 0.29) is 28.8 Å². The lowest BCUT2D eigenvalue weighted by Crippen LogP contribution is -2.45. The van der Waals surface area contributed by atoms with Crippen molar-refractivity contribution < 1.29 is 13.2 Å². The van der Waals surface area contributed by atoms with Crippen molar-refractivity contribution in [3.8, 4) is 0 Å². The van der Waals surface area contributed by atoms with Crippen molar-refractivity contribution in [1.82, 2.24) is 0 Å². The number of benzene rings is 1. The smallest absolute Gasteiger partial charge is 0.179 e.